The fourth-order valence-corrected chi connectivity index (χ4v) is 1.38. The third-order valence-electron chi connectivity index (χ3n) is 2.05. The predicted molar refractivity (Wildman–Crippen MR) is 54.9 cm³/mol. The minimum Gasteiger partial charge on any atom is -0.415 e. The number of rotatable bonds is 3. The Labute approximate surface area is 99.8 Å². The topological polar surface area (TPSA) is 50.8 Å². The van der Waals surface area contributed by atoms with Crippen molar-refractivity contribution in [3.63, 3.8) is 0 Å². The Morgan fingerprint density at radius 3 is 2.78 bits per heavy atom. The Balaban J connectivity index is 2.34. The molecule has 0 saturated heterocycles. The van der Waals surface area contributed by atoms with Crippen molar-refractivity contribution >= 4 is 0 Å². The van der Waals surface area contributed by atoms with Gasteiger partial charge < -0.3 is 4.74 Å². The van der Waals surface area contributed by atoms with Gasteiger partial charge >= 0.3 is 6.61 Å². The first-order valence-electron chi connectivity index (χ1n) is 4.80. The summed E-state index contributed by atoms with van der Waals surface area (Å²) in [6, 6.07) is 6.56. The van der Waals surface area contributed by atoms with Gasteiger partial charge in [-0.25, -0.2) is 9.07 Å². The van der Waals surface area contributed by atoms with Crippen molar-refractivity contribution in [3.8, 4) is 17.6 Å². The second-order valence-electron chi connectivity index (χ2n) is 3.29. The van der Waals surface area contributed by atoms with Crippen LogP contribution >= 0.6 is 0 Å². The van der Waals surface area contributed by atoms with Crippen molar-refractivity contribution in [2.75, 3.05) is 0 Å². The number of aromatic nitrogens is 2. The minimum absolute atomic E-state index is 0.108. The molecule has 0 aliphatic carbocycles. The van der Waals surface area contributed by atoms with Crippen LogP contribution in [0.4, 0.5) is 13.2 Å². The molecule has 0 bridgehead atoms. The van der Waals surface area contributed by atoms with Gasteiger partial charge in [0.05, 0.1) is 17.3 Å². The molecule has 92 valence electrons. The lowest BCUT2D eigenvalue weighted by Gasteiger charge is -2.02. The molecule has 1 aromatic heterocycles. The van der Waals surface area contributed by atoms with E-state index in [-0.39, 0.29) is 17.1 Å². The fourth-order valence-electron chi connectivity index (χ4n) is 1.38. The van der Waals surface area contributed by atoms with Crippen LogP contribution in [0.25, 0.3) is 5.69 Å². The maximum atomic E-state index is 13.2. The van der Waals surface area contributed by atoms with Gasteiger partial charge in [-0.2, -0.15) is 14.0 Å². The van der Waals surface area contributed by atoms with Gasteiger partial charge in [-0.05, 0) is 18.2 Å². The SMILES string of the molecule is N#Cc1cc(F)cc(-n2ccc(OC(F)F)n2)c1. The van der Waals surface area contributed by atoms with Gasteiger partial charge in [-0.3, -0.25) is 0 Å². The van der Waals surface area contributed by atoms with E-state index in [1.165, 1.54) is 18.3 Å². The van der Waals surface area contributed by atoms with E-state index in [1.807, 2.05) is 0 Å². The number of nitriles is 1. The van der Waals surface area contributed by atoms with Crippen LogP contribution in [0.1, 0.15) is 5.56 Å². The van der Waals surface area contributed by atoms with Crippen LogP contribution in [0.15, 0.2) is 30.5 Å². The molecule has 0 amide bonds. The van der Waals surface area contributed by atoms with E-state index in [4.69, 9.17) is 5.26 Å². The highest BCUT2D eigenvalue weighted by molar-refractivity contribution is 5.41. The molecule has 0 unspecified atom stereocenters. The Kier molecular flexibility index (Phi) is 3.19. The van der Waals surface area contributed by atoms with E-state index in [2.05, 4.69) is 9.84 Å². The van der Waals surface area contributed by atoms with E-state index in [9.17, 15) is 13.2 Å². The van der Waals surface area contributed by atoms with Crippen LogP contribution in [0.3, 0.4) is 0 Å². The molecular formula is C11H6F3N3O. The van der Waals surface area contributed by atoms with Crippen molar-refractivity contribution in [2.45, 2.75) is 6.61 Å². The number of ether oxygens (including phenoxy) is 1. The molecule has 7 heteroatoms. The van der Waals surface area contributed by atoms with Crippen molar-refractivity contribution in [2.24, 2.45) is 0 Å². The van der Waals surface area contributed by atoms with Crippen molar-refractivity contribution in [1.82, 2.24) is 9.78 Å². The van der Waals surface area contributed by atoms with Gasteiger partial charge in [0.1, 0.15) is 5.82 Å². The number of benzene rings is 1. The van der Waals surface area contributed by atoms with Crippen molar-refractivity contribution in [3.05, 3.63) is 41.8 Å². The second kappa shape index (κ2) is 4.79. The lowest BCUT2D eigenvalue weighted by molar-refractivity contribution is -0.0530. The van der Waals surface area contributed by atoms with Crippen LogP contribution in [-0.4, -0.2) is 16.4 Å². The normalized spacial score (nSPS) is 10.4. The molecule has 18 heavy (non-hydrogen) atoms. The number of hydrogen-bond donors (Lipinski definition) is 0. The highest BCUT2D eigenvalue weighted by Gasteiger charge is 2.09. The largest absolute Gasteiger partial charge is 0.415 e. The van der Waals surface area contributed by atoms with E-state index in [0.717, 1.165) is 16.8 Å². The molecule has 2 aromatic rings. The molecule has 1 heterocycles. The number of alkyl halides is 2. The first kappa shape index (κ1) is 12.0. The molecule has 4 nitrogen and oxygen atoms in total. The van der Waals surface area contributed by atoms with Gasteiger partial charge in [-0.1, -0.05) is 0 Å². The van der Waals surface area contributed by atoms with Crippen molar-refractivity contribution in [1.29, 1.82) is 5.26 Å². The molecule has 1 aromatic carbocycles. The molecule has 2 rings (SSSR count). The number of hydrogen-bond acceptors (Lipinski definition) is 3. The summed E-state index contributed by atoms with van der Waals surface area (Å²) in [5.74, 6) is -0.899. The monoisotopic (exact) mass is 253 g/mol. The van der Waals surface area contributed by atoms with E-state index in [1.54, 1.807) is 6.07 Å². The van der Waals surface area contributed by atoms with Gasteiger partial charge in [0.15, 0.2) is 0 Å². The molecular weight excluding hydrogens is 247 g/mol. The summed E-state index contributed by atoms with van der Waals surface area (Å²) in [5, 5.41) is 12.4. The molecule has 0 aliphatic heterocycles. The lowest BCUT2D eigenvalue weighted by atomic mass is 10.2. The number of halogens is 3. The van der Waals surface area contributed by atoms with E-state index < -0.39 is 12.4 Å². The maximum absolute atomic E-state index is 13.2. The molecule has 0 atom stereocenters. The number of nitrogens with zero attached hydrogens (tertiary/aromatic N) is 3. The van der Waals surface area contributed by atoms with Crippen LogP contribution in [-0.2, 0) is 0 Å². The molecule has 0 radical (unpaired) electrons. The summed E-state index contributed by atoms with van der Waals surface area (Å²) in [5.41, 5.74) is 0.354. The molecule has 0 aliphatic rings. The Morgan fingerprint density at radius 1 is 1.33 bits per heavy atom. The van der Waals surface area contributed by atoms with Crippen molar-refractivity contribution < 1.29 is 17.9 Å². The molecule has 0 N–H and O–H groups in total. The molecule has 0 spiro atoms. The zero-order chi connectivity index (χ0) is 13.1. The second-order valence-corrected chi connectivity index (χ2v) is 3.29. The Bertz CT molecular complexity index is 604. The average molecular weight is 253 g/mol. The van der Waals surface area contributed by atoms with Gasteiger partial charge in [0.2, 0.25) is 5.88 Å². The third kappa shape index (κ3) is 2.60. The summed E-state index contributed by atoms with van der Waals surface area (Å²) < 4.78 is 42.3. The zero-order valence-corrected chi connectivity index (χ0v) is 8.85. The summed E-state index contributed by atoms with van der Waals surface area (Å²) in [7, 11) is 0. The van der Waals surface area contributed by atoms with Crippen LogP contribution < -0.4 is 4.74 Å². The van der Waals surface area contributed by atoms with Gasteiger partial charge in [-0.15, -0.1) is 5.10 Å². The summed E-state index contributed by atoms with van der Waals surface area (Å²) >= 11 is 0. The molecule has 0 fully saturated rings. The standard InChI is InChI=1S/C11H6F3N3O/c12-8-3-7(6-15)4-9(5-8)17-2-1-10(16-17)18-11(13)14/h1-5,11H. The summed E-state index contributed by atoms with van der Waals surface area (Å²) in [4.78, 5) is 0. The Morgan fingerprint density at radius 2 is 2.11 bits per heavy atom. The van der Waals surface area contributed by atoms with Crippen LogP contribution in [0, 0.1) is 17.1 Å². The van der Waals surface area contributed by atoms with Gasteiger partial charge in [0, 0.05) is 12.3 Å². The van der Waals surface area contributed by atoms with E-state index >= 15 is 0 Å². The zero-order valence-electron chi connectivity index (χ0n) is 8.85. The first-order chi connectivity index (χ1) is 8.58. The van der Waals surface area contributed by atoms with Gasteiger partial charge in [0.25, 0.3) is 0 Å². The quantitative estimate of drug-likeness (QED) is 0.844. The van der Waals surface area contributed by atoms with Crippen LogP contribution in [0.2, 0.25) is 0 Å². The highest BCUT2D eigenvalue weighted by atomic mass is 19.3. The average Bonchev–Trinajstić information content (AvgIpc) is 2.75. The predicted octanol–water partition coefficient (Wildman–Crippen LogP) is 2.48. The Hall–Kier alpha value is -2.49. The van der Waals surface area contributed by atoms with E-state index in [0.29, 0.717) is 0 Å². The maximum Gasteiger partial charge on any atom is 0.388 e. The van der Waals surface area contributed by atoms with Crippen LogP contribution in [0.5, 0.6) is 5.88 Å². The highest BCUT2D eigenvalue weighted by Crippen LogP contribution is 2.16. The summed E-state index contributed by atoms with van der Waals surface area (Å²) in [6.07, 6.45) is 1.33. The first-order valence-corrected chi connectivity index (χ1v) is 4.80. The third-order valence-corrected chi connectivity index (χ3v) is 2.05. The lowest BCUT2D eigenvalue weighted by Crippen LogP contribution is -2.03. The smallest absolute Gasteiger partial charge is 0.388 e. The minimum atomic E-state index is -2.98. The summed E-state index contributed by atoms with van der Waals surface area (Å²) in [6.45, 7) is -2.98. The fraction of sp³-hybridized carbons (Fsp3) is 0.0909. The molecule has 0 saturated carbocycles.